The highest BCUT2D eigenvalue weighted by Crippen LogP contribution is 2.52. The van der Waals surface area contributed by atoms with Gasteiger partial charge in [0, 0.05) is 31.7 Å². The van der Waals surface area contributed by atoms with Crippen LogP contribution in [-0.4, -0.2) is 83.9 Å². The van der Waals surface area contributed by atoms with Crippen molar-refractivity contribution >= 4 is 16.1 Å². The van der Waals surface area contributed by atoms with E-state index in [0.717, 1.165) is 36.1 Å². The van der Waals surface area contributed by atoms with Crippen LogP contribution in [0, 0.1) is 5.41 Å². The van der Waals surface area contributed by atoms with Gasteiger partial charge in [-0.1, -0.05) is 42.5 Å². The highest BCUT2D eigenvalue weighted by molar-refractivity contribution is 7.89. The number of hydrogen-bond donors (Lipinski definition) is 0. The topological polar surface area (TPSA) is 138 Å². The second kappa shape index (κ2) is 18.8. The van der Waals surface area contributed by atoms with E-state index in [9.17, 15) is 4.79 Å². The van der Waals surface area contributed by atoms with Crippen molar-refractivity contribution in [1.29, 1.82) is 0 Å². The van der Waals surface area contributed by atoms with E-state index in [1.807, 2.05) is 20.8 Å². The zero-order valence-electron chi connectivity index (χ0n) is 37.0. The first-order chi connectivity index (χ1) is 30.4. The van der Waals surface area contributed by atoms with Crippen LogP contribution in [0.4, 0.5) is 18.0 Å². The molecule has 4 aromatic carbocycles. The monoisotopic (exact) mass is 904 g/mol. The summed E-state index contributed by atoms with van der Waals surface area (Å²) in [5.74, 6) is 1.25. The Kier molecular flexibility index (Phi) is 13.6. The van der Waals surface area contributed by atoms with Crippen LogP contribution in [0.5, 0.6) is 17.2 Å². The number of hydrogen-bond acceptors (Lipinski definition) is 10. The van der Waals surface area contributed by atoms with E-state index >= 15 is 21.6 Å². The fraction of sp³-hybridized carbons (Fsp3) is 0.447. The first-order valence-corrected chi connectivity index (χ1v) is 22.7. The predicted octanol–water partition coefficient (Wildman–Crippen LogP) is 9.50. The van der Waals surface area contributed by atoms with E-state index in [1.54, 1.807) is 77.7 Å². The summed E-state index contributed by atoms with van der Waals surface area (Å²) in [6.45, 7) is 6.08. The Morgan fingerprint density at radius 2 is 1.25 bits per heavy atom. The number of amides is 1. The Hall–Kier alpha value is -5.68. The Bertz CT molecular complexity index is 2440. The Balaban J connectivity index is 1.34. The molecule has 2 aliphatic rings. The molecular weight excluding hydrogens is 850 g/mol. The average Bonchev–Trinajstić information content (AvgIpc) is 3.73. The van der Waals surface area contributed by atoms with Crippen molar-refractivity contribution in [3.05, 3.63) is 113 Å². The molecule has 13 nitrogen and oxygen atoms in total. The van der Waals surface area contributed by atoms with Crippen molar-refractivity contribution in [2.75, 3.05) is 34.4 Å². The van der Waals surface area contributed by atoms with E-state index in [4.69, 9.17) is 18.9 Å². The van der Waals surface area contributed by atoms with Crippen molar-refractivity contribution < 1.29 is 45.3 Å². The largest absolute Gasteiger partial charge is 0.497 e. The first kappa shape index (κ1) is 46.3. The minimum Gasteiger partial charge on any atom is -0.497 e. The maximum Gasteiger partial charge on any atom is 0.417 e. The van der Waals surface area contributed by atoms with Crippen LogP contribution in [0.1, 0.15) is 93.0 Å². The molecule has 7 rings (SSSR count). The van der Waals surface area contributed by atoms with Gasteiger partial charge in [-0.3, -0.25) is 0 Å². The number of methoxy groups -OCH3 is 3. The van der Waals surface area contributed by atoms with Gasteiger partial charge in [0.1, 0.15) is 27.7 Å². The van der Waals surface area contributed by atoms with Crippen LogP contribution in [0.2, 0.25) is 0 Å². The van der Waals surface area contributed by atoms with E-state index in [0.29, 0.717) is 65.4 Å². The van der Waals surface area contributed by atoms with Crippen LogP contribution >= 0.6 is 0 Å². The van der Waals surface area contributed by atoms with Gasteiger partial charge in [-0.05, 0) is 146 Å². The fourth-order valence-electron chi connectivity index (χ4n) is 8.81. The molecule has 0 bridgehead atoms. The zero-order valence-corrected chi connectivity index (χ0v) is 37.8. The second-order valence-corrected chi connectivity index (χ2v) is 19.5. The molecule has 0 N–H and O–H groups in total. The molecule has 0 radical (unpaired) electrons. The average molecular weight is 905 g/mol. The van der Waals surface area contributed by atoms with Gasteiger partial charge in [0.05, 0.1) is 33.4 Å². The van der Waals surface area contributed by atoms with Gasteiger partial charge in [-0.15, -0.1) is 5.10 Å². The smallest absolute Gasteiger partial charge is 0.417 e. The molecule has 1 aliphatic heterocycles. The number of aromatic nitrogens is 4. The van der Waals surface area contributed by atoms with E-state index in [-0.39, 0.29) is 48.4 Å². The van der Waals surface area contributed by atoms with E-state index < -0.39 is 32.3 Å². The standard InChI is InChI=1S/C47H55F3N6O7S/c1-45(2,3)63-44(57)54-27-25-46(26-28-54)23-21-35(22-24-46)39-19-20-40(47(48,49)50)42(41(39)43-51-52-53-56(43)31-34-11-17-38(62-6)18-12-34)64(58,59)55(29-32-7-13-36(60-4)14-8-32)30-33-9-15-37(61-5)16-10-33/h7-20,35H,21-31H2,1-6H3. The summed E-state index contributed by atoms with van der Waals surface area (Å²) in [5, 5.41) is 12.5. The Morgan fingerprint density at radius 1 is 0.750 bits per heavy atom. The van der Waals surface area contributed by atoms with Crippen LogP contribution in [0.15, 0.2) is 89.8 Å². The molecule has 1 spiro atoms. The van der Waals surface area contributed by atoms with Crippen LogP contribution in [0.25, 0.3) is 11.4 Å². The number of tetrazole rings is 1. The molecule has 5 aromatic rings. The Morgan fingerprint density at radius 3 is 1.72 bits per heavy atom. The number of halogens is 3. The predicted molar refractivity (Wildman–Crippen MR) is 233 cm³/mol. The molecule has 17 heteroatoms. The van der Waals surface area contributed by atoms with Gasteiger partial charge < -0.3 is 23.8 Å². The third-order valence-electron chi connectivity index (χ3n) is 12.3. The molecular formula is C47H55F3N6O7S. The van der Waals surface area contributed by atoms with Gasteiger partial charge in [-0.25, -0.2) is 17.9 Å². The molecule has 1 saturated heterocycles. The molecule has 0 unspecified atom stereocenters. The molecule has 1 amide bonds. The lowest BCUT2D eigenvalue weighted by molar-refractivity contribution is -0.139. The Labute approximate surface area is 372 Å². The maximum absolute atomic E-state index is 15.6. The molecule has 342 valence electrons. The highest BCUT2D eigenvalue weighted by atomic mass is 32.2. The summed E-state index contributed by atoms with van der Waals surface area (Å²) in [4.78, 5) is 13.7. The van der Waals surface area contributed by atoms with Crippen LogP contribution < -0.4 is 14.2 Å². The molecule has 2 heterocycles. The van der Waals surface area contributed by atoms with Gasteiger partial charge in [0.25, 0.3) is 0 Å². The van der Waals surface area contributed by atoms with E-state index in [2.05, 4.69) is 15.5 Å². The number of carbonyl (C=O) groups excluding carboxylic acids is 1. The summed E-state index contributed by atoms with van der Waals surface area (Å²) < 4.78 is 102. The summed E-state index contributed by atoms with van der Waals surface area (Å²) in [7, 11) is -0.485. The zero-order chi connectivity index (χ0) is 45.9. The molecule has 1 aromatic heterocycles. The number of likely N-dealkylation sites (tertiary alicyclic amines) is 1. The quantitative estimate of drug-likeness (QED) is 0.112. The highest BCUT2D eigenvalue weighted by Gasteiger charge is 2.45. The fourth-order valence-corrected chi connectivity index (χ4v) is 10.6. The SMILES string of the molecule is COc1ccc(CN(Cc2ccc(OC)cc2)S(=O)(=O)c2c(C(F)(F)F)ccc(C3CCC4(CC3)CCN(C(=O)OC(C)(C)C)CC4)c2-c2nnnn2Cc2ccc(OC)cc2)cc1. The van der Waals surface area contributed by atoms with Crippen molar-refractivity contribution in [1.82, 2.24) is 29.4 Å². The normalized spacial score (nSPS) is 15.9. The number of piperidine rings is 1. The van der Waals surface area contributed by atoms with Crippen molar-refractivity contribution in [2.45, 2.75) is 102 Å². The first-order valence-electron chi connectivity index (χ1n) is 21.3. The van der Waals surface area contributed by atoms with Crippen molar-refractivity contribution in [3.63, 3.8) is 0 Å². The number of carbonyl (C=O) groups is 1. The molecule has 0 atom stereocenters. The minimum absolute atomic E-state index is 0.0326. The number of benzene rings is 4. The van der Waals surface area contributed by atoms with Crippen LogP contribution in [0.3, 0.4) is 0 Å². The van der Waals surface area contributed by atoms with Crippen molar-refractivity contribution in [2.24, 2.45) is 5.41 Å². The molecule has 2 fully saturated rings. The second-order valence-electron chi connectivity index (χ2n) is 17.6. The van der Waals surface area contributed by atoms with Crippen LogP contribution in [-0.2, 0) is 40.6 Å². The summed E-state index contributed by atoms with van der Waals surface area (Å²) in [5.41, 5.74) is 0.00161. The number of sulfonamides is 1. The summed E-state index contributed by atoms with van der Waals surface area (Å²) in [6.07, 6.45) is -1.30. The van der Waals surface area contributed by atoms with Crippen molar-refractivity contribution in [3.8, 4) is 28.6 Å². The summed E-state index contributed by atoms with van der Waals surface area (Å²) in [6, 6.07) is 22.8. The number of rotatable bonds is 13. The lowest BCUT2D eigenvalue weighted by atomic mass is 9.64. The number of nitrogens with zero attached hydrogens (tertiary/aromatic N) is 6. The maximum atomic E-state index is 15.6. The third-order valence-corrected chi connectivity index (χ3v) is 14.2. The van der Waals surface area contributed by atoms with E-state index in [1.165, 1.54) is 32.1 Å². The minimum atomic E-state index is -5.09. The van der Waals surface area contributed by atoms with Gasteiger partial charge >= 0.3 is 12.3 Å². The molecule has 64 heavy (non-hydrogen) atoms. The molecule has 1 aliphatic carbocycles. The number of ether oxygens (including phenoxy) is 4. The summed E-state index contributed by atoms with van der Waals surface area (Å²) >= 11 is 0. The number of alkyl halides is 3. The lowest BCUT2D eigenvalue weighted by Gasteiger charge is -2.46. The molecule has 1 saturated carbocycles. The lowest BCUT2D eigenvalue weighted by Crippen LogP contribution is -2.46. The van der Waals surface area contributed by atoms with Gasteiger partial charge in [0.15, 0.2) is 5.82 Å². The van der Waals surface area contributed by atoms with Gasteiger partial charge in [-0.2, -0.15) is 17.5 Å². The third kappa shape index (κ3) is 10.5. The van der Waals surface area contributed by atoms with Gasteiger partial charge in [0.2, 0.25) is 10.0 Å².